The van der Waals surface area contributed by atoms with Gasteiger partial charge in [0, 0.05) is 18.5 Å². The SMILES string of the molecule is CC(C)(C)c1cc2n(c1)CCC[C-]2C(CC(=O)c1ccccc1)c1ccccc1.[Li+]. The van der Waals surface area contributed by atoms with Crippen molar-refractivity contribution in [3.8, 4) is 0 Å². The topological polar surface area (TPSA) is 22.0 Å². The molecule has 2 nitrogen and oxygen atoms in total. The van der Waals surface area contributed by atoms with Gasteiger partial charge in [0.1, 0.15) is 0 Å². The Morgan fingerprint density at radius 1 is 1.03 bits per heavy atom. The van der Waals surface area contributed by atoms with Crippen LogP contribution >= 0.6 is 0 Å². The summed E-state index contributed by atoms with van der Waals surface area (Å²) < 4.78 is 2.41. The summed E-state index contributed by atoms with van der Waals surface area (Å²) in [6, 6.07) is 22.6. The predicted molar refractivity (Wildman–Crippen MR) is 119 cm³/mol. The molecule has 0 saturated carbocycles. The van der Waals surface area contributed by atoms with Crippen LogP contribution in [0.25, 0.3) is 0 Å². The monoisotopic (exact) mass is 391 g/mol. The Kier molecular flexibility index (Phi) is 7.01. The number of aromatic nitrogens is 1. The van der Waals surface area contributed by atoms with Crippen molar-refractivity contribution in [2.24, 2.45) is 0 Å². The third-order valence-corrected chi connectivity index (χ3v) is 6.04. The van der Waals surface area contributed by atoms with Gasteiger partial charge in [-0.2, -0.15) is 12.0 Å². The normalized spacial score (nSPS) is 14.6. The summed E-state index contributed by atoms with van der Waals surface area (Å²) >= 11 is 0. The Morgan fingerprint density at radius 3 is 2.30 bits per heavy atom. The molecule has 0 fully saturated rings. The number of Topliss-reactive ketones (excluding diaryl/α,β-unsaturated/α-hetero) is 1. The first-order valence-corrected chi connectivity index (χ1v) is 10.6. The molecule has 2 aromatic carbocycles. The molecular weight excluding hydrogens is 361 g/mol. The minimum Gasteiger partial charge on any atom is -0.383 e. The molecule has 30 heavy (non-hydrogen) atoms. The average Bonchev–Trinajstić information content (AvgIpc) is 3.18. The van der Waals surface area contributed by atoms with E-state index in [0.717, 1.165) is 24.9 Å². The summed E-state index contributed by atoms with van der Waals surface area (Å²) in [5.41, 5.74) is 4.84. The van der Waals surface area contributed by atoms with E-state index in [-0.39, 0.29) is 36.0 Å². The van der Waals surface area contributed by atoms with E-state index in [9.17, 15) is 4.79 Å². The van der Waals surface area contributed by atoms with Crippen LogP contribution < -0.4 is 18.9 Å². The molecule has 1 aliphatic heterocycles. The van der Waals surface area contributed by atoms with E-state index >= 15 is 0 Å². The fourth-order valence-corrected chi connectivity index (χ4v) is 4.35. The molecule has 2 heterocycles. The van der Waals surface area contributed by atoms with Crippen LogP contribution in [0.15, 0.2) is 72.9 Å². The van der Waals surface area contributed by atoms with Crippen LogP contribution in [-0.2, 0) is 12.0 Å². The Bertz CT molecular complexity index is 969. The molecule has 1 aliphatic rings. The van der Waals surface area contributed by atoms with E-state index in [1.165, 1.54) is 22.7 Å². The van der Waals surface area contributed by atoms with Crippen LogP contribution in [0.2, 0.25) is 0 Å². The average molecular weight is 391 g/mol. The van der Waals surface area contributed by atoms with Crippen LogP contribution in [0.1, 0.15) is 73.1 Å². The summed E-state index contributed by atoms with van der Waals surface area (Å²) in [5, 5.41) is 0. The Labute approximate surface area is 192 Å². The van der Waals surface area contributed by atoms with Gasteiger partial charge in [-0.05, 0) is 18.0 Å². The maximum atomic E-state index is 13.1. The molecule has 3 aromatic rings. The Hall–Kier alpha value is -2.14. The van der Waals surface area contributed by atoms with Gasteiger partial charge in [-0.15, -0.1) is 11.3 Å². The standard InChI is InChI=1S/C27H30NO.Li/c1-27(2,3)22-17-25-23(15-10-16-28(25)19-22)24(20-11-6-4-7-12-20)18-26(29)21-13-8-5-9-14-21;/h4-9,11-14,17,19,24H,10,15-16,18H2,1-3H3;/q-1;+1. The summed E-state index contributed by atoms with van der Waals surface area (Å²) in [7, 11) is 0. The maximum Gasteiger partial charge on any atom is 1.00 e. The third-order valence-electron chi connectivity index (χ3n) is 6.04. The largest absolute Gasteiger partial charge is 1.00 e. The van der Waals surface area contributed by atoms with Gasteiger partial charge in [0.25, 0.3) is 0 Å². The van der Waals surface area contributed by atoms with Crippen LogP contribution in [0.4, 0.5) is 0 Å². The summed E-state index contributed by atoms with van der Waals surface area (Å²) in [6.07, 6.45) is 5.01. The summed E-state index contributed by atoms with van der Waals surface area (Å²) in [4.78, 5) is 13.1. The number of fused-ring (bicyclic) bond motifs is 1. The molecule has 0 radical (unpaired) electrons. The predicted octanol–water partition coefficient (Wildman–Crippen LogP) is 3.56. The first-order valence-electron chi connectivity index (χ1n) is 10.6. The van der Waals surface area contributed by atoms with Gasteiger partial charge in [-0.1, -0.05) is 99.3 Å². The van der Waals surface area contributed by atoms with Crippen LogP contribution in [0, 0.1) is 5.92 Å². The molecule has 0 bridgehead atoms. The number of hydrogen-bond donors (Lipinski definition) is 0. The van der Waals surface area contributed by atoms with Gasteiger partial charge in [0.2, 0.25) is 0 Å². The molecule has 3 heteroatoms. The molecule has 150 valence electrons. The Morgan fingerprint density at radius 2 is 1.67 bits per heavy atom. The van der Waals surface area contributed by atoms with Crippen LogP contribution in [0.3, 0.4) is 0 Å². The molecule has 4 rings (SSSR count). The minimum absolute atomic E-state index is 0. The molecule has 1 atom stereocenters. The summed E-state index contributed by atoms with van der Waals surface area (Å²) in [6.45, 7) is 7.86. The van der Waals surface area contributed by atoms with Crippen molar-refractivity contribution in [2.45, 2.75) is 57.9 Å². The van der Waals surface area contributed by atoms with E-state index in [0.29, 0.717) is 6.42 Å². The second-order valence-corrected chi connectivity index (χ2v) is 9.14. The van der Waals surface area contributed by atoms with Gasteiger partial charge in [-0.25, -0.2) is 0 Å². The fourth-order valence-electron chi connectivity index (χ4n) is 4.35. The molecule has 0 spiro atoms. The van der Waals surface area contributed by atoms with Crippen molar-refractivity contribution >= 4 is 5.78 Å². The fraction of sp³-hybridized carbons (Fsp3) is 0.333. The van der Waals surface area contributed by atoms with Gasteiger partial charge in [0.15, 0.2) is 5.78 Å². The van der Waals surface area contributed by atoms with Gasteiger partial charge >= 0.3 is 18.9 Å². The first kappa shape index (κ1) is 22.5. The van der Waals surface area contributed by atoms with Gasteiger partial charge in [0.05, 0.1) is 0 Å². The summed E-state index contributed by atoms with van der Waals surface area (Å²) in [5.74, 6) is 1.74. The minimum atomic E-state index is 0. The molecule has 0 amide bonds. The van der Waals surface area contributed by atoms with Crippen LogP contribution in [0.5, 0.6) is 0 Å². The van der Waals surface area contributed by atoms with E-state index in [4.69, 9.17) is 0 Å². The van der Waals surface area contributed by atoms with E-state index in [2.05, 4.69) is 61.9 Å². The number of nitrogens with zero attached hydrogens (tertiary/aromatic N) is 1. The number of carbonyl (C=O) groups excluding carboxylic acids is 1. The molecule has 0 N–H and O–H groups in total. The maximum absolute atomic E-state index is 13.1. The zero-order valence-electron chi connectivity index (χ0n) is 18.7. The molecule has 0 saturated heterocycles. The zero-order valence-corrected chi connectivity index (χ0v) is 18.7. The second kappa shape index (κ2) is 9.34. The van der Waals surface area contributed by atoms with E-state index < -0.39 is 0 Å². The van der Waals surface area contributed by atoms with Crippen molar-refractivity contribution in [1.29, 1.82) is 0 Å². The number of ketones is 1. The van der Waals surface area contributed by atoms with Crippen molar-refractivity contribution in [2.75, 3.05) is 0 Å². The molecule has 0 aliphatic carbocycles. The number of aryl methyl sites for hydroxylation is 1. The zero-order chi connectivity index (χ0) is 20.4. The smallest absolute Gasteiger partial charge is 0.383 e. The van der Waals surface area contributed by atoms with Crippen molar-refractivity contribution in [1.82, 2.24) is 4.57 Å². The quantitative estimate of drug-likeness (QED) is 0.370. The van der Waals surface area contributed by atoms with E-state index in [1.54, 1.807) is 0 Å². The van der Waals surface area contributed by atoms with Crippen molar-refractivity contribution in [3.05, 3.63) is 101 Å². The molecule has 1 aromatic heterocycles. The second-order valence-electron chi connectivity index (χ2n) is 9.14. The van der Waals surface area contributed by atoms with Gasteiger partial charge < -0.3 is 4.57 Å². The Balaban J connectivity index is 0.00000256. The first-order chi connectivity index (χ1) is 13.9. The number of rotatable bonds is 5. The molecule has 1 unspecified atom stereocenters. The van der Waals surface area contributed by atoms with Crippen molar-refractivity contribution in [3.63, 3.8) is 0 Å². The van der Waals surface area contributed by atoms with E-state index in [1.807, 2.05) is 36.4 Å². The number of hydrogen-bond acceptors (Lipinski definition) is 1. The van der Waals surface area contributed by atoms with Crippen LogP contribution in [-0.4, -0.2) is 10.4 Å². The van der Waals surface area contributed by atoms with Crippen molar-refractivity contribution < 1.29 is 23.7 Å². The molecular formula is C27H30LiNO. The third kappa shape index (κ3) is 4.77. The van der Waals surface area contributed by atoms with Gasteiger partial charge in [-0.3, -0.25) is 4.79 Å². The number of benzene rings is 2. The number of carbonyl (C=O) groups is 1.